The molecule has 1 heterocycles. The van der Waals surface area contributed by atoms with Crippen LogP contribution in [0.4, 0.5) is 5.13 Å². The summed E-state index contributed by atoms with van der Waals surface area (Å²) in [6, 6.07) is 4.08. The first-order chi connectivity index (χ1) is 9.10. The molecule has 1 aromatic carbocycles. The summed E-state index contributed by atoms with van der Waals surface area (Å²) in [6.07, 6.45) is 0. The first kappa shape index (κ1) is 14.7. The molecule has 2 aromatic rings. The fourth-order valence-electron chi connectivity index (χ4n) is 1.54. The van der Waals surface area contributed by atoms with E-state index < -0.39 is 0 Å². The Morgan fingerprint density at radius 2 is 1.95 bits per heavy atom. The van der Waals surface area contributed by atoms with Crippen LogP contribution in [-0.2, 0) is 6.54 Å². The third kappa shape index (κ3) is 3.90. The second-order valence-electron chi connectivity index (χ2n) is 3.80. The number of hydrogen-bond donors (Lipinski definition) is 1. The number of nitrogens with zero attached hydrogens (tertiary/aromatic N) is 2. The predicted octanol–water partition coefficient (Wildman–Crippen LogP) is 4.38. The maximum atomic E-state index is 5.55. The smallest absolute Gasteiger partial charge is 0.205 e. The molecule has 0 atom stereocenters. The summed E-state index contributed by atoms with van der Waals surface area (Å²) in [6.45, 7) is 5.23. The number of aryl methyl sites for hydroxylation is 1. The highest BCUT2D eigenvalue weighted by Crippen LogP contribution is 2.35. The van der Waals surface area contributed by atoms with Crippen LogP contribution < -0.4 is 10.1 Å². The zero-order valence-corrected chi connectivity index (χ0v) is 14.5. The number of ether oxygens (including phenoxy) is 1. The van der Waals surface area contributed by atoms with Crippen molar-refractivity contribution in [1.82, 2.24) is 10.2 Å². The summed E-state index contributed by atoms with van der Waals surface area (Å²) in [7, 11) is 0. The van der Waals surface area contributed by atoms with Crippen LogP contribution in [0.1, 0.15) is 17.5 Å². The number of anilines is 1. The van der Waals surface area contributed by atoms with E-state index in [4.69, 9.17) is 4.74 Å². The molecule has 0 unspecified atom stereocenters. The molecule has 1 N–H and O–H groups in total. The Balaban J connectivity index is 2.09. The van der Waals surface area contributed by atoms with E-state index >= 15 is 0 Å². The van der Waals surface area contributed by atoms with Gasteiger partial charge in [0.1, 0.15) is 10.8 Å². The largest absolute Gasteiger partial charge is 0.492 e. The Hall–Kier alpha value is -0.660. The highest BCUT2D eigenvalue weighted by Gasteiger charge is 2.09. The van der Waals surface area contributed by atoms with Gasteiger partial charge in [-0.05, 0) is 63.4 Å². The molecule has 0 aliphatic carbocycles. The average Bonchev–Trinajstić information content (AvgIpc) is 2.77. The summed E-state index contributed by atoms with van der Waals surface area (Å²) in [4.78, 5) is 0. The topological polar surface area (TPSA) is 47.0 Å². The molecule has 0 aliphatic heterocycles. The van der Waals surface area contributed by atoms with Crippen LogP contribution in [-0.4, -0.2) is 16.8 Å². The minimum Gasteiger partial charge on any atom is -0.492 e. The van der Waals surface area contributed by atoms with Gasteiger partial charge in [0.25, 0.3) is 0 Å². The maximum Gasteiger partial charge on any atom is 0.205 e. The van der Waals surface area contributed by atoms with Gasteiger partial charge in [-0.2, -0.15) is 0 Å². The van der Waals surface area contributed by atoms with E-state index in [1.165, 1.54) is 0 Å². The standard InChI is InChI=1S/C12H13Br2N3OS/c1-3-18-11-9(13)4-8(5-10(11)14)6-15-12-17-16-7(2)19-12/h4-5H,3,6H2,1-2H3,(H,15,17). The van der Waals surface area contributed by atoms with Gasteiger partial charge in [0, 0.05) is 6.54 Å². The molecule has 0 spiro atoms. The van der Waals surface area contributed by atoms with Crippen LogP contribution in [0.2, 0.25) is 0 Å². The number of aromatic nitrogens is 2. The Bertz CT molecular complexity index is 551. The van der Waals surface area contributed by atoms with Gasteiger partial charge in [0.05, 0.1) is 15.6 Å². The quantitative estimate of drug-likeness (QED) is 0.800. The van der Waals surface area contributed by atoms with E-state index in [9.17, 15) is 0 Å². The Morgan fingerprint density at radius 3 is 2.47 bits per heavy atom. The molecule has 0 radical (unpaired) electrons. The third-order valence-electron chi connectivity index (χ3n) is 2.32. The highest BCUT2D eigenvalue weighted by atomic mass is 79.9. The van der Waals surface area contributed by atoms with Crippen molar-refractivity contribution in [3.8, 4) is 5.75 Å². The van der Waals surface area contributed by atoms with Crippen molar-refractivity contribution in [2.45, 2.75) is 20.4 Å². The van der Waals surface area contributed by atoms with E-state index in [0.717, 1.165) is 30.4 Å². The van der Waals surface area contributed by atoms with Crippen molar-refractivity contribution in [3.05, 3.63) is 31.6 Å². The van der Waals surface area contributed by atoms with E-state index in [0.29, 0.717) is 13.2 Å². The van der Waals surface area contributed by atoms with Gasteiger partial charge in [0.2, 0.25) is 5.13 Å². The molecule has 1 aromatic heterocycles. The molecule has 0 saturated heterocycles. The molecule has 4 nitrogen and oxygen atoms in total. The van der Waals surface area contributed by atoms with E-state index in [2.05, 4.69) is 47.4 Å². The maximum absolute atomic E-state index is 5.55. The van der Waals surface area contributed by atoms with Crippen LogP contribution in [0.25, 0.3) is 0 Å². The predicted molar refractivity (Wildman–Crippen MR) is 85.0 cm³/mol. The molecule has 7 heteroatoms. The second kappa shape index (κ2) is 6.67. The molecular weight excluding hydrogens is 394 g/mol. The summed E-state index contributed by atoms with van der Waals surface area (Å²) in [5.74, 6) is 0.831. The summed E-state index contributed by atoms with van der Waals surface area (Å²) < 4.78 is 7.43. The normalized spacial score (nSPS) is 10.5. The van der Waals surface area contributed by atoms with Crippen LogP contribution in [0.5, 0.6) is 5.75 Å². The van der Waals surface area contributed by atoms with E-state index in [-0.39, 0.29) is 0 Å². The lowest BCUT2D eigenvalue weighted by Gasteiger charge is -2.11. The van der Waals surface area contributed by atoms with Crippen molar-refractivity contribution in [3.63, 3.8) is 0 Å². The Labute approximate surface area is 132 Å². The number of halogens is 2. The van der Waals surface area contributed by atoms with Gasteiger partial charge in [0.15, 0.2) is 0 Å². The average molecular weight is 407 g/mol. The summed E-state index contributed by atoms with van der Waals surface area (Å²) in [5, 5.41) is 13.0. The van der Waals surface area contributed by atoms with Crippen molar-refractivity contribution >= 4 is 48.3 Å². The summed E-state index contributed by atoms with van der Waals surface area (Å²) >= 11 is 8.59. The SMILES string of the molecule is CCOc1c(Br)cc(CNc2nnc(C)s2)cc1Br. The van der Waals surface area contributed by atoms with Gasteiger partial charge < -0.3 is 10.1 Å². The molecule has 0 aliphatic rings. The highest BCUT2D eigenvalue weighted by molar-refractivity contribution is 9.11. The second-order valence-corrected chi connectivity index (χ2v) is 6.69. The first-order valence-corrected chi connectivity index (χ1v) is 8.15. The fourth-order valence-corrected chi connectivity index (χ4v) is 3.64. The minimum atomic E-state index is 0.638. The third-order valence-corrected chi connectivity index (χ3v) is 4.29. The summed E-state index contributed by atoms with van der Waals surface area (Å²) in [5.41, 5.74) is 1.13. The lowest BCUT2D eigenvalue weighted by Crippen LogP contribution is -2.01. The van der Waals surface area contributed by atoms with Crippen molar-refractivity contribution in [2.75, 3.05) is 11.9 Å². The zero-order chi connectivity index (χ0) is 13.8. The lowest BCUT2D eigenvalue weighted by molar-refractivity contribution is 0.336. The van der Waals surface area contributed by atoms with E-state index in [1.807, 2.05) is 26.0 Å². The zero-order valence-electron chi connectivity index (χ0n) is 10.5. The monoisotopic (exact) mass is 405 g/mol. The van der Waals surface area contributed by atoms with Gasteiger partial charge in [-0.25, -0.2) is 0 Å². The van der Waals surface area contributed by atoms with Crippen LogP contribution >= 0.6 is 43.2 Å². The van der Waals surface area contributed by atoms with E-state index in [1.54, 1.807) is 11.3 Å². The van der Waals surface area contributed by atoms with Crippen molar-refractivity contribution < 1.29 is 4.74 Å². The van der Waals surface area contributed by atoms with Gasteiger partial charge >= 0.3 is 0 Å². The number of benzene rings is 1. The van der Waals surface area contributed by atoms with Gasteiger partial charge in [-0.1, -0.05) is 11.3 Å². The molecule has 0 saturated carbocycles. The number of rotatable bonds is 5. The fraction of sp³-hybridized carbons (Fsp3) is 0.333. The molecule has 0 amide bonds. The van der Waals surface area contributed by atoms with Crippen molar-refractivity contribution in [1.29, 1.82) is 0 Å². The molecule has 0 fully saturated rings. The first-order valence-electron chi connectivity index (χ1n) is 5.75. The van der Waals surface area contributed by atoms with Crippen LogP contribution in [0.15, 0.2) is 21.1 Å². The van der Waals surface area contributed by atoms with Crippen LogP contribution in [0.3, 0.4) is 0 Å². The number of nitrogens with one attached hydrogen (secondary N) is 1. The van der Waals surface area contributed by atoms with Crippen LogP contribution in [0, 0.1) is 6.92 Å². The van der Waals surface area contributed by atoms with Gasteiger partial charge in [-0.15, -0.1) is 10.2 Å². The number of hydrogen-bond acceptors (Lipinski definition) is 5. The molecule has 19 heavy (non-hydrogen) atoms. The molecule has 0 bridgehead atoms. The minimum absolute atomic E-state index is 0.638. The molecule has 102 valence electrons. The Morgan fingerprint density at radius 1 is 1.26 bits per heavy atom. The molecule has 2 rings (SSSR count). The lowest BCUT2D eigenvalue weighted by atomic mass is 10.2. The van der Waals surface area contributed by atoms with Crippen molar-refractivity contribution in [2.24, 2.45) is 0 Å². The van der Waals surface area contributed by atoms with Gasteiger partial charge in [-0.3, -0.25) is 0 Å². The molecular formula is C12H13Br2N3OS. The Kier molecular flexibility index (Phi) is 5.18.